The van der Waals surface area contributed by atoms with Gasteiger partial charge in [0.15, 0.2) is 11.9 Å². The molecule has 1 aliphatic heterocycles. The molecular formula is C21H20O6. The quantitative estimate of drug-likeness (QED) is 0.573. The van der Waals surface area contributed by atoms with Crippen molar-refractivity contribution in [3.8, 4) is 17.2 Å². The Morgan fingerprint density at radius 2 is 2.00 bits per heavy atom. The van der Waals surface area contributed by atoms with Crippen molar-refractivity contribution in [3.63, 3.8) is 0 Å². The third-order valence-electron chi connectivity index (χ3n) is 3.99. The summed E-state index contributed by atoms with van der Waals surface area (Å²) in [7, 11) is 1.30. The molecule has 1 heterocycles. The van der Waals surface area contributed by atoms with Crippen molar-refractivity contribution in [2.45, 2.75) is 20.0 Å². The van der Waals surface area contributed by atoms with Crippen LogP contribution < -0.4 is 14.2 Å². The number of Topliss-reactive ketones (excluding diaryl/α,β-unsaturated/α-hetero) is 1. The minimum atomic E-state index is -0.766. The second kappa shape index (κ2) is 7.95. The fraction of sp³-hybridized carbons (Fsp3) is 0.238. The van der Waals surface area contributed by atoms with Crippen LogP contribution in [0.15, 0.2) is 48.2 Å². The average Bonchev–Trinajstić information content (AvgIpc) is 2.97. The van der Waals surface area contributed by atoms with Crippen LogP contribution in [0.2, 0.25) is 0 Å². The SMILES string of the molecule is CCOc1ccccc1/C=C1\Oc2cc(OC(C)C(=O)OC)ccc2C1=O. The van der Waals surface area contributed by atoms with Crippen LogP contribution in [0.5, 0.6) is 17.2 Å². The summed E-state index contributed by atoms with van der Waals surface area (Å²) in [5.74, 6) is 0.973. The molecule has 3 rings (SSSR count). The molecule has 0 N–H and O–H groups in total. The molecule has 0 amide bonds. The lowest BCUT2D eigenvalue weighted by Gasteiger charge is -2.12. The van der Waals surface area contributed by atoms with Gasteiger partial charge in [-0.2, -0.15) is 0 Å². The first-order valence-corrected chi connectivity index (χ1v) is 8.58. The molecule has 140 valence electrons. The van der Waals surface area contributed by atoms with Crippen LogP contribution in [0.4, 0.5) is 0 Å². The van der Waals surface area contributed by atoms with E-state index in [1.807, 2.05) is 31.2 Å². The standard InChI is InChI=1S/C21H20O6/c1-4-25-17-8-6-5-7-14(17)11-19-20(22)16-10-9-15(12-18(16)27-19)26-13(2)21(23)24-3/h5-13H,4H2,1-3H3/b19-11-. The van der Waals surface area contributed by atoms with E-state index in [4.69, 9.17) is 14.2 Å². The molecule has 0 fully saturated rings. The second-order valence-electron chi connectivity index (χ2n) is 5.85. The van der Waals surface area contributed by atoms with Crippen LogP contribution in [-0.4, -0.2) is 31.6 Å². The zero-order chi connectivity index (χ0) is 19.4. The maximum absolute atomic E-state index is 12.6. The van der Waals surface area contributed by atoms with E-state index in [0.29, 0.717) is 29.4 Å². The third kappa shape index (κ3) is 3.95. The molecule has 0 radical (unpaired) electrons. The number of carbonyl (C=O) groups excluding carboxylic acids is 2. The highest BCUT2D eigenvalue weighted by Crippen LogP contribution is 2.36. The molecule has 0 bridgehead atoms. The molecule has 6 nitrogen and oxygen atoms in total. The number of esters is 1. The van der Waals surface area contributed by atoms with Gasteiger partial charge in [0.2, 0.25) is 5.78 Å². The number of fused-ring (bicyclic) bond motifs is 1. The Morgan fingerprint density at radius 3 is 2.74 bits per heavy atom. The zero-order valence-corrected chi connectivity index (χ0v) is 15.4. The highest BCUT2D eigenvalue weighted by Gasteiger charge is 2.28. The van der Waals surface area contributed by atoms with Gasteiger partial charge < -0.3 is 18.9 Å². The van der Waals surface area contributed by atoms with Gasteiger partial charge in [-0.1, -0.05) is 18.2 Å². The van der Waals surface area contributed by atoms with Crippen molar-refractivity contribution >= 4 is 17.8 Å². The van der Waals surface area contributed by atoms with Crippen molar-refractivity contribution in [1.29, 1.82) is 0 Å². The topological polar surface area (TPSA) is 71.1 Å². The Kier molecular flexibility index (Phi) is 5.45. The predicted octanol–water partition coefficient (Wildman–Crippen LogP) is 3.64. The van der Waals surface area contributed by atoms with Gasteiger partial charge in [0, 0.05) is 11.6 Å². The van der Waals surface area contributed by atoms with Gasteiger partial charge in [-0.05, 0) is 38.1 Å². The Hall–Kier alpha value is -3.28. The number of ether oxygens (including phenoxy) is 4. The van der Waals surface area contributed by atoms with Crippen LogP contribution in [-0.2, 0) is 9.53 Å². The molecule has 2 aromatic carbocycles. The molecule has 6 heteroatoms. The molecule has 0 spiro atoms. The van der Waals surface area contributed by atoms with Crippen molar-refractivity contribution < 1.29 is 28.5 Å². The monoisotopic (exact) mass is 368 g/mol. The number of rotatable bonds is 6. The minimum absolute atomic E-state index is 0.204. The highest BCUT2D eigenvalue weighted by atomic mass is 16.6. The number of hydrogen-bond acceptors (Lipinski definition) is 6. The van der Waals surface area contributed by atoms with Crippen LogP contribution in [0.1, 0.15) is 29.8 Å². The minimum Gasteiger partial charge on any atom is -0.493 e. The van der Waals surface area contributed by atoms with E-state index < -0.39 is 12.1 Å². The van der Waals surface area contributed by atoms with Gasteiger partial charge in [0.25, 0.3) is 0 Å². The Balaban J connectivity index is 1.84. The summed E-state index contributed by atoms with van der Waals surface area (Å²) < 4.78 is 21.5. The average molecular weight is 368 g/mol. The van der Waals surface area contributed by atoms with Crippen LogP contribution in [0.3, 0.4) is 0 Å². The van der Waals surface area contributed by atoms with Gasteiger partial charge in [0.05, 0.1) is 19.3 Å². The first-order valence-electron chi connectivity index (χ1n) is 8.58. The summed E-state index contributed by atoms with van der Waals surface area (Å²) in [5, 5.41) is 0. The molecule has 0 saturated carbocycles. The fourth-order valence-electron chi connectivity index (χ4n) is 2.69. The second-order valence-corrected chi connectivity index (χ2v) is 5.85. The molecule has 0 saturated heterocycles. The van der Waals surface area contributed by atoms with Gasteiger partial charge in [-0.15, -0.1) is 0 Å². The lowest BCUT2D eigenvalue weighted by molar-refractivity contribution is -0.147. The van der Waals surface area contributed by atoms with E-state index in [-0.39, 0.29) is 11.5 Å². The molecule has 1 unspecified atom stereocenters. The molecule has 0 aliphatic carbocycles. The van der Waals surface area contributed by atoms with Crippen molar-refractivity contribution in [3.05, 3.63) is 59.4 Å². The summed E-state index contributed by atoms with van der Waals surface area (Å²) >= 11 is 0. The predicted molar refractivity (Wildman–Crippen MR) is 99.1 cm³/mol. The lowest BCUT2D eigenvalue weighted by atomic mass is 10.1. The van der Waals surface area contributed by atoms with Crippen molar-refractivity contribution in [1.82, 2.24) is 0 Å². The van der Waals surface area contributed by atoms with E-state index in [1.54, 1.807) is 31.2 Å². The van der Waals surface area contributed by atoms with Gasteiger partial charge >= 0.3 is 5.97 Å². The molecule has 27 heavy (non-hydrogen) atoms. The summed E-state index contributed by atoms with van der Waals surface area (Å²) in [5.41, 5.74) is 1.19. The van der Waals surface area contributed by atoms with E-state index in [9.17, 15) is 9.59 Å². The molecular weight excluding hydrogens is 348 g/mol. The smallest absolute Gasteiger partial charge is 0.346 e. The van der Waals surface area contributed by atoms with Gasteiger partial charge in [0.1, 0.15) is 17.2 Å². The Bertz CT molecular complexity index is 899. The number of allylic oxidation sites excluding steroid dienone is 1. The number of ketones is 1. The molecule has 1 atom stereocenters. The van der Waals surface area contributed by atoms with Crippen LogP contribution in [0.25, 0.3) is 6.08 Å². The largest absolute Gasteiger partial charge is 0.493 e. The summed E-state index contributed by atoms with van der Waals surface area (Å²) in [6, 6.07) is 12.2. The first-order chi connectivity index (χ1) is 13.0. The first kappa shape index (κ1) is 18.5. The highest BCUT2D eigenvalue weighted by molar-refractivity contribution is 6.14. The maximum atomic E-state index is 12.6. The van der Waals surface area contributed by atoms with E-state index in [2.05, 4.69) is 4.74 Å². The van der Waals surface area contributed by atoms with Gasteiger partial charge in [-0.25, -0.2) is 4.79 Å². The fourth-order valence-corrected chi connectivity index (χ4v) is 2.69. The van der Waals surface area contributed by atoms with E-state index in [1.165, 1.54) is 7.11 Å². The lowest BCUT2D eigenvalue weighted by Crippen LogP contribution is -2.24. The number of hydrogen-bond donors (Lipinski definition) is 0. The Labute approximate surface area is 157 Å². The summed E-state index contributed by atoms with van der Waals surface area (Å²) in [6.45, 7) is 4.00. The van der Waals surface area contributed by atoms with Crippen molar-refractivity contribution in [2.24, 2.45) is 0 Å². The zero-order valence-electron chi connectivity index (χ0n) is 15.4. The normalized spacial score (nSPS) is 15.1. The van der Waals surface area contributed by atoms with Crippen LogP contribution >= 0.6 is 0 Å². The molecule has 1 aliphatic rings. The Morgan fingerprint density at radius 1 is 1.22 bits per heavy atom. The van der Waals surface area contributed by atoms with E-state index >= 15 is 0 Å². The van der Waals surface area contributed by atoms with Crippen LogP contribution in [0, 0.1) is 0 Å². The third-order valence-corrected chi connectivity index (χ3v) is 3.99. The number of benzene rings is 2. The van der Waals surface area contributed by atoms with E-state index in [0.717, 1.165) is 5.56 Å². The maximum Gasteiger partial charge on any atom is 0.346 e. The summed E-state index contributed by atoms with van der Waals surface area (Å²) in [4.78, 5) is 24.1. The summed E-state index contributed by atoms with van der Waals surface area (Å²) in [6.07, 6.45) is 0.892. The number of methoxy groups -OCH3 is 1. The number of carbonyl (C=O) groups is 2. The molecule has 0 aromatic heterocycles. The van der Waals surface area contributed by atoms with Gasteiger partial charge in [-0.3, -0.25) is 4.79 Å². The van der Waals surface area contributed by atoms with Crippen molar-refractivity contribution in [2.75, 3.05) is 13.7 Å². The number of para-hydroxylation sites is 1. The molecule has 2 aromatic rings.